The predicted octanol–water partition coefficient (Wildman–Crippen LogP) is 3.06. The molecule has 2 N–H and O–H groups in total. The van der Waals surface area contributed by atoms with Gasteiger partial charge in [0.25, 0.3) is 0 Å². The molecule has 2 aromatic carbocycles. The SMILES string of the molecule is O=S(=O)(c1ccccc1Cl)c1c[nH]c2ccc(N3CCNCC3)cc12. The molecule has 25 heavy (non-hydrogen) atoms. The molecule has 7 heteroatoms. The average Bonchev–Trinajstić information content (AvgIpc) is 3.06. The highest BCUT2D eigenvalue weighted by Gasteiger charge is 2.24. The molecule has 4 rings (SSSR count). The van der Waals surface area contributed by atoms with E-state index in [-0.39, 0.29) is 14.8 Å². The molecule has 0 atom stereocenters. The van der Waals surface area contributed by atoms with Gasteiger partial charge >= 0.3 is 0 Å². The van der Waals surface area contributed by atoms with Crippen molar-refractivity contribution in [1.29, 1.82) is 0 Å². The maximum absolute atomic E-state index is 13.1. The smallest absolute Gasteiger partial charge is 0.210 e. The van der Waals surface area contributed by atoms with Crippen LogP contribution in [0.15, 0.2) is 58.5 Å². The molecule has 0 aliphatic carbocycles. The molecule has 2 heterocycles. The Bertz CT molecular complexity index is 1020. The predicted molar refractivity (Wildman–Crippen MR) is 100 cm³/mol. The summed E-state index contributed by atoms with van der Waals surface area (Å²) in [6.45, 7) is 3.66. The number of sulfone groups is 1. The standard InChI is InChI=1S/C18H18ClN3O2S/c19-15-3-1-2-4-17(15)25(23,24)18-12-21-16-6-5-13(11-14(16)18)22-9-7-20-8-10-22/h1-6,11-12,20-21H,7-10H2. The number of anilines is 1. The molecule has 1 fully saturated rings. The first-order valence-corrected chi connectivity index (χ1v) is 10.00. The van der Waals surface area contributed by atoms with E-state index in [0.29, 0.717) is 5.39 Å². The summed E-state index contributed by atoms with van der Waals surface area (Å²) in [7, 11) is -3.69. The van der Waals surface area contributed by atoms with Gasteiger partial charge in [0.2, 0.25) is 9.84 Å². The van der Waals surface area contributed by atoms with Gasteiger partial charge in [-0.3, -0.25) is 0 Å². The van der Waals surface area contributed by atoms with Crippen molar-refractivity contribution in [2.24, 2.45) is 0 Å². The Morgan fingerprint density at radius 1 is 1.00 bits per heavy atom. The lowest BCUT2D eigenvalue weighted by molar-refractivity contribution is 0.589. The Morgan fingerprint density at radius 3 is 2.52 bits per heavy atom. The van der Waals surface area contributed by atoms with Crippen LogP contribution in [0.5, 0.6) is 0 Å². The van der Waals surface area contributed by atoms with Crippen LogP contribution in [0.1, 0.15) is 0 Å². The van der Waals surface area contributed by atoms with Crippen molar-refractivity contribution in [2.75, 3.05) is 31.1 Å². The van der Waals surface area contributed by atoms with Crippen molar-refractivity contribution in [1.82, 2.24) is 10.3 Å². The third-order valence-electron chi connectivity index (χ3n) is 4.53. The summed E-state index contributed by atoms with van der Waals surface area (Å²) >= 11 is 6.13. The number of nitrogens with zero attached hydrogens (tertiary/aromatic N) is 1. The Balaban J connectivity index is 1.83. The number of aromatic nitrogens is 1. The van der Waals surface area contributed by atoms with Gasteiger partial charge in [0.15, 0.2) is 0 Å². The van der Waals surface area contributed by atoms with Crippen molar-refractivity contribution in [3.63, 3.8) is 0 Å². The van der Waals surface area contributed by atoms with Crippen LogP contribution in [0.4, 0.5) is 5.69 Å². The van der Waals surface area contributed by atoms with Crippen LogP contribution in [-0.2, 0) is 9.84 Å². The molecule has 0 radical (unpaired) electrons. The van der Waals surface area contributed by atoms with Crippen LogP contribution in [-0.4, -0.2) is 39.6 Å². The number of nitrogens with one attached hydrogen (secondary N) is 2. The maximum atomic E-state index is 13.1. The van der Waals surface area contributed by atoms with Gasteiger partial charge in [-0.15, -0.1) is 0 Å². The Hall–Kier alpha value is -2.02. The van der Waals surface area contributed by atoms with Gasteiger partial charge in [-0.05, 0) is 30.3 Å². The molecule has 0 bridgehead atoms. The number of aromatic amines is 1. The Morgan fingerprint density at radius 2 is 1.76 bits per heavy atom. The number of hydrogen-bond donors (Lipinski definition) is 2. The minimum Gasteiger partial charge on any atom is -0.369 e. The van der Waals surface area contributed by atoms with Gasteiger partial charge in [0.05, 0.1) is 14.8 Å². The number of H-pyrrole nitrogens is 1. The van der Waals surface area contributed by atoms with E-state index >= 15 is 0 Å². The molecule has 3 aromatic rings. The molecule has 0 saturated carbocycles. The maximum Gasteiger partial charge on any atom is 0.210 e. The van der Waals surface area contributed by atoms with Gasteiger partial charge in [-0.1, -0.05) is 23.7 Å². The Kier molecular flexibility index (Phi) is 4.19. The molecule has 0 amide bonds. The van der Waals surface area contributed by atoms with E-state index in [0.717, 1.165) is 37.4 Å². The largest absolute Gasteiger partial charge is 0.369 e. The quantitative estimate of drug-likeness (QED) is 0.738. The lowest BCUT2D eigenvalue weighted by atomic mass is 10.2. The van der Waals surface area contributed by atoms with Crippen molar-refractivity contribution in [3.8, 4) is 0 Å². The zero-order valence-electron chi connectivity index (χ0n) is 13.5. The lowest BCUT2D eigenvalue weighted by Gasteiger charge is -2.29. The molecule has 0 spiro atoms. The zero-order chi connectivity index (χ0) is 17.4. The first-order chi connectivity index (χ1) is 12.1. The highest BCUT2D eigenvalue weighted by Crippen LogP contribution is 2.33. The second-order valence-corrected chi connectivity index (χ2v) is 8.35. The highest BCUT2D eigenvalue weighted by atomic mass is 35.5. The molecular formula is C18H18ClN3O2S. The van der Waals surface area contributed by atoms with Crippen LogP contribution < -0.4 is 10.2 Å². The molecular weight excluding hydrogens is 358 g/mol. The van der Waals surface area contributed by atoms with Crippen LogP contribution in [0.2, 0.25) is 5.02 Å². The summed E-state index contributed by atoms with van der Waals surface area (Å²) in [5, 5.41) is 4.24. The van der Waals surface area contributed by atoms with Crippen LogP contribution in [0.25, 0.3) is 10.9 Å². The molecule has 130 valence electrons. The van der Waals surface area contributed by atoms with E-state index in [1.165, 1.54) is 6.07 Å². The van der Waals surface area contributed by atoms with Gasteiger partial charge in [-0.2, -0.15) is 0 Å². The van der Waals surface area contributed by atoms with E-state index in [2.05, 4.69) is 15.2 Å². The van der Waals surface area contributed by atoms with E-state index in [1.807, 2.05) is 18.2 Å². The minimum absolute atomic E-state index is 0.130. The van der Waals surface area contributed by atoms with E-state index < -0.39 is 9.84 Å². The number of fused-ring (bicyclic) bond motifs is 1. The molecule has 1 aliphatic heterocycles. The molecule has 0 unspecified atom stereocenters. The topological polar surface area (TPSA) is 65.2 Å². The first-order valence-electron chi connectivity index (χ1n) is 8.14. The summed E-state index contributed by atoms with van der Waals surface area (Å²) in [6, 6.07) is 12.4. The van der Waals surface area contributed by atoms with Crippen molar-refractivity contribution >= 4 is 38.0 Å². The van der Waals surface area contributed by atoms with Crippen LogP contribution >= 0.6 is 11.6 Å². The Labute approximate surface area is 151 Å². The lowest BCUT2D eigenvalue weighted by Crippen LogP contribution is -2.43. The fourth-order valence-electron chi connectivity index (χ4n) is 3.21. The van der Waals surface area contributed by atoms with Crippen molar-refractivity contribution < 1.29 is 8.42 Å². The van der Waals surface area contributed by atoms with Gasteiger partial charge < -0.3 is 15.2 Å². The third kappa shape index (κ3) is 2.90. The molecule has 5 nitrogen and oxygen atoms in total. The first kappa shape index (κ1) is 16.4. The van der Waals surface area contributed by atoms with Crippen LogP contribution in [0, 0.1) is 0 Å². The van der Waals surface area contributed by atoms with Crippen LogP contribution in [0.3, 0.4) is 0 Å². The number of benzene rings is 2. The number of halogens is 1. The van der Waals surface area contributed by atoms with Gasteiger partial charge in [0, 0.05) is 49.0 Å². The second kappa shape index (κ2) is 6.37. The summed E-state index contributed by atoms with van der Waals surface area (Å²) < 4.78 is 26.2. The van der Waals surface area contributed by atoms with Crippen molar-refractivity contribution in [2.45, 2.75) is 9.79 Å². The number of piperazine rings is 1. The summed E-state index contributed by atoms with van der Waals surface area (Å²) in [6.07, 6.45) is 1.55. The molecule has 1 saturated heterocycles. The second-order valence-electron chi connectivity index (χ2n) is 6.05. The van der Waals surface area contributed by atoms with Crippen molar-refractivity contribution in [3.05, 3.63) is 53.7 Å². The summed E-state index contributed by atoms with van der Waals surface area (Å²) in [4.78, 5) is 5.71. The summed E-state index contributed by atoms with van der Waals surface area (Å²) in [5.41, 5.74) is 1.83. The van der Waals surface area contributed by atoms with Gasteiger partial charge in [0.1, 0.15) is 0 Å². The average molecular weight is 376 g/mol. The normalized spacial score (nSPS) is 15.6. The monoisotopic (exact) mass is 375 g/mol. The zero-order valence-corrected chi connectivity index (χ0v) is 15.1. The fraction of sp³-hybridized carbons (Fsp3) is 0.222. The van der Waals surface area contributed by atoms with E-state index in [1.54, 1.807) is 24.4 Å². The highest BCUT2D eigenvalue weighted by molar-refractivity contribution is 7.91. The molecule has 1 aliphatic rings. The molecule has 1 aromatic heterocycles. The van der Waals surface area contributed by atoms with Gasteiger partial charge in [-0.25, -0.2) is 8.42 Å². The number of rotatable bonds is 3. The minimum atomic E-state index is -3.69. The third-order valence-corrected chi connectivity index (χ3v) is 6.82. The summed E-state index contributed by atoms with van der Waals surface area (Å²) in [5.74, 6) is 0. The van der Waals surface area contributed by atoms with E-state index in [9.17, 15) is 8.42 Å². The van der Waals surface area contributed by atoms with E-state index in [4.69, 9.17) is 11.6 Å². The fourth-order valence-corrected chi connectivity index (χ4v) is 5.14. The number of hydrogen-bond acceptors (Lipinski definition) is 4.